The van der Waals surface area contributed by atoms with E-state index in [0.29, 0.717) is 6.04 Å². The number of aryl methyl sites for hydroxylation is 2. The van der Waals surface area contributed by atoms with Gasteiger partial charge in [-0.05, 0) is 25.6 Å². The molecule has 0 radical (unpaired) electrons. The van der Waals surface area contributed by atoms with Gasteiger partial charge in [0.1, 0.15) is 0 Å². The maximum absolute atomic E-state index is 4.42. The lowest BCUT2D eigenvalue weighted by Crippen LogP contribution is -2.18. The van der Waals surface area contributed by atoms with E-state index in [1.807, 2.05) is 36.3 Å². The van der Waals surface area contributed by atoms with E-state index in [4.69, 9.17) is 0 Å². The van der Waals surface area contributed by atoms with Gasteiger partial charge in [0.2, 0.25) is 0 Å². The number of likely N-dealkylation sites (N-methyl/N-ethyl adjacent to an activating group) is 1. The van der Waals surface area contributed by atoms with Gasteiger partial charge in [0.25, 0.3) is 0 Å². The smallest absolute Gasteiger partial charge is 0.0947 e. The molecule has 2 rings (SSSR count). The van der Waals surface area contributed by atoms with Crippen LogP contribution in [-0.4, -0.2) is 16.6 Å². The molecule has 2 heterocycles. The molecule has 0 spiro atoms. The van der Waals surface area contributed by atoms with Gasteiger partial charge in [-0.25, -0.2) is 4.98 Å². The normalized spacial score (nSPS) is 12.9. The molecule has 1 N–H and O–H groups in total. The van der Waals surface area contributed by atoms with E-state index in [1.54, 1.807) is 0 Å². The van der Waals surface area contributed by atoms with Crippen molar-refractivity contribution in [3.63, 3.8) is 0 Å². The lowest BCUT2D eigenvalue weighted by Gasteiger charge is -2.12. The molecule has 0 aliphatic rings. The molecule has 0 aliphatic heterocycles. The number of thiophene rings is 1. The van der Waals surface area contributed by atoms with E-state index in [2.05, 4.69) is 35.6 Å². The van der Waals surface area contributed by atoms with Gasteiger partial charge in [0.05, 0.1) is 18.1 Å². The Labute approximate surface area is 107 Å². The summed E-state index contributed by atoms with van der Waals surface area (Å²) in [5, 5.41) is 3.34. The van der Waals surface area contributed by atoms with E-state index < -0.39 is 0 Å². The number of imidazole rings is 1. The maximum atomic E-state index is 4.42. The van der Waals surface area contributed by atoms with Gasteiger partial charge < -0.3 is 9.88 Å². The van der Waals surface area contributed by atoms with Crippen LogP contribution in [0, 0.1) is 0 Å². The Kier molecular flexibility index (Phi) is 3.97. The molecule has 2 aromatic heterocycles. The standard InChI is InChI=1S/C13H19N3S/c1-4-10-5-6-11(17-10)7-12(14-2)13-8-16(3)9-15-13/h5-6,8-9,12,14H,4,7H2,1-3H3. The molecular formula is C13H19N3S. The van der Waals surface area contributed by atoms with Crippen molar-refractivity contribution in [1.82, 2.24) is 14.9 Å². The Balaban J connectivity index is 2.09. The molecule has 1 unspecified atom stereocenters. The summed E-state index contributed by atoms with van der Waals surface area (Å²) in [6.07, 6.45) is 6.07. The first-order valence-corrected chi connectivity index (χ1v) is 6.77. The Morgan fingerprint density at radius 3 is 2.71 bits per heavy atom. The molecule has 0 fully saturated rings. The van der Waals surface area contributed by atoms with Crippen molar-refractivity contribution < 1.29 is 0 Å². The summed E-state index contributed by atoms with van der Waals surface area (Å²) >= 11 is 1.90. The lowest BCUT2D eigenvalue weighted by atomic mass is 10.1. The first-order chi connectivity index (χ1) is 8.22. The first-order valence-electron chi connectivity index (χ1n) is 5.95. The molecule has 3 nitrogen and oxygen atoms in total. The molecule has 92 valence electrons. The number of nitrogens with one attached hydrogen (secondary N) is 1. The fraction of sp³-hybridized carbons (Fsp3) is 0.462. The predicted molar refractivity (Wildman–Crippen MR) is 72.4 cm³/mol. The molecule has 0 saturated heterocycles. The molecule has 0 amide bonds. The Morgan fingerprint density at radius 1 is 1.41 bits per heavy atom. The summed E-state index contributed by atoms with van der Waals surface area (Å²) in [6, 6.07) is 4.77. The van der Waals surface area contributed by atoms with Gasteiger partial charge in [-0.15, -0.1) is 11.3 Å². The summed E-state index contributed by atoms with van der Waals surface area (Å²) in [4.78, 5) is 7.29. The van der Waals surface area contributed by atoms with Crippen molar-refractivity contribution in [1.29, 1.82) is 0 Å². The van der Waals surface area contributed by atoms with E-state index in [9.17, 15) is 0 Å². The van der Waals surface area contributed by atoms with Crippen molar-refractivity contribution in [3.8, 4) is 0 Å². The minimum absolute atomic E-state index is 0.305. The van der Waals surface area contributed by atoms with Crippen molar-refractivity contribution in [2.24, 2.45) is 7.05 Å². The van der Waals surface area contributed by atoms with Crippen LogP contribution in [0.3, 0.4) is 0 Å². The minimum atomic E-state index is 0.305. The van der Waals surface area contributed by atoms with Gasteiger partial charge in [0.15, 0.2) is 0 Å². The van der Waals surface area contributed by atoms with Crippen molar-refractivity contribution in [3.05, 3.63) is 40.1 Å². The zero-order chi connectivity index (χ0) is 12.3. The van der Waals surface area contributed by atoms with Crippen LogP contribution in [0.1, 0.15) is 28.4 Å². The summed E-state index contributed by atoms with van der Waals surface area (Å²) in [5.74, 6) is 0. The Hall–Kier alpha value is -1.13. The molecule has 4 heteroatoms. The molecular weight excluding hydrogens is 230 g/mol. The first kappa shape index (κ1) is 12.3. The fourth-order valence-electron chi connectivity index (χ4n) is 1.89. The molecule has 1 atom stereocenters. The highest BCUT2D eigenvalue weighted by atomic mass is 32.1. The van der Waals surface area contributed by atoms with Crippen LogP contribution in [0.15, 0.2) is 24.7 Å². The monoisotopic (exact) mass is 249 g/mol. The van der Waals surface area contributed by atoms with Crippen LogP contribution in [-0.2, 0) is 19.9 Å². The van der Waals surface area contributed by atoms with Crippen molar-refractivity contribution in [2.45, 2.75) is 25.8 Å². The third-order valence-electron chi connectivity index (χ3n) is 2.90. The highest BCUT2D eigenvalue weighted by Gasteiger charge is 2.13. The average Bonchev–Trinajstić information content (AvgIpc) is 2.94. The topological polar surface area (TPSA) is 29.9 Å². The number of hydrogen-bond acceptors (Lipinski definition) is 3. The number of nitrogens with zero attached hydrogens (tertiary/aromatic N) is 2. The molecule has 0 aromatic carbocycles. The number of aromatic nitrogens is 2. The van der Waals surface area contributed by atoms with E-state index >= 15 is 0 Å². The van der Waals surface area contributed by atoms with Gasteiger partial charge in [-0.1, -0.05) is 6.92 Å². The zero-order valence-electron chi connectivity index (χ0n) is 10.6. The fourth-order valence-corrected chi connectivity index (χ4v) is 2.89. The third kappa shape index (κ3) is 2.96. The second-order valence-corrected chi connectivity index (χ2v) is 5.48. The highest BCUT2D eigenvalue weighted by molar-refractivity contribution is 7.11. The molecule has 0 aliphatic carbocycles. The number of rotatable bonds is 5. The molecule has 0 bridgehead atoms. The van der Waals surface area contributed by atoms with E-state index in [1.165, 1.54) is 9.75 Å². The lowest BCUT2D eigenvalue weighted by molar-refractivity contribution is 0.582. The van der Waals surface area contributed by atoms with Gasteiger partial charge in [0, 0.05) is 29.4 Å². The quantitative estimate of drug-likeness (QED) is 0.882. The van der Waals surface area contributed by atoms with E-state index in [-0.39, 0.29) is 0 Å². The SMILES string of the molecule is CCc1ccc(CC(NC)c2cn(C)cn2)s1. The third-order valence-corrected chi connectivity index (χ3v) is 4.15. The van der Waals surface area contributed by atoms with Gasteiger partial charge >= 0.3 is 0 Å². The Bertz CT molecular complexity index is 472. The van der Waals surface area contributed by atoms with Crippen LogP contribution in [0.4, 0.5) is 0 Å². The maximum Gasteiger partial charge on any atom is 0.0947 e. The summed E-state index contributed by atoms with van der Waals surface area (Å²) in [5.41, 5.74) is 1.11. The zero-order valence-corrected chi connectivity index (χ0v) is 11.4. The summed E-state index contributed by atoms with van der Waals surface area (Å²) < 4.78 is 1.99. The van der Waals surface area contributed by atoms with Gasteiger partial charge in [-0.3, -0.25) is 0 Å². The predicted octanol–water partition coefficient (Wildman–Crippen LogP) is 2.55. The van der Waals surface area contributed by atoms with E-state index in [0.717, 1.165) is 18.5 Å². The molecule has 2 aromatic rings. The minimum Gasteiger partial charge on any atom is -0.340 e. The van der Waals surface area contributed by atoms with Crippen LogP contribution in [0.5, 0.6) is 0 Å². The second kappa shape index (κ2) is 5.47. The molecule has 0 saturated carbocycles. The van der Waals surface area contributed by atoms with Crippen LogP contribution < -0.4 is 5.32 Å². The number of hydrogen-bond donors (Lipinski definition) is 1. The Morgan fingerprint density at radius 2 is 2.18 bits per heavy atom. The summed E-state index contributed by atoms with van der Waals surface area (Å²) in [6.45, 7) is 2.20. The average molecular weight is 249 g/mol. The van der Waals surface area contributed by atoms with Gasteiger partial charge in [-0.2, -0.15) is 0 Å². The summed E-state index contributed by atoms with van der Waals surface area (Å²) in [7, 11) is 4.00. The largest absolute Gasteiger partial charge is 0.340 e. The van der Waals surface area contributed by atoms with Crippen molar-refractivity contribution >= 4 is 11.3 Å². The van der Waals surface area contributed by atoms with Crippen molar-refractivity contribution in [2.75, 3.05) is 7.05 Å². The molecule has 17 heavy (non-hydrogen) atoms. The van der Waals surface area contributed by atoms with Crippen LogP contribution >= 0.6 is 11.3 Å². The van der Waals surface area contributed by atoms with Crippen LogP contribution in [0.2, 0.25) is 0 Å². The highest BCUT2D eigenvalue weighted by Crippen LogP contribution is 2.23. The second-order valence-electron chi connectivity index (χ2n) is 4.23. The van der Waals surface area contributed by atoms with Crippen LogP contribution in [0.25, 0.3) is 0 Å².